The van der Waals surface area contributed by atoms with Gasteiger partial charge in [0.15, 0.2) is 6.61 Å². The molecule has 114 valence electrons. The summed E-state index contributed by atoms with van der Waals surface area (Å²) in [6.07, 6.45) is 0. The zero-order valence-electron chi connectivity index (χ0n) is 12.5. The highest BCUT2D eigenvalue weighted by Gasteiger charge is 2.03. The van der Waals surface area contributed by atoms with Crippen LogP contribution in [0.15, 0.2) is 53.6 Å². The van der Waals surface area contributed by atoms with E-state index in [4.69, 9.17) is 16.3 Å². The van der Waals surface area contributed by atoms with Crippen molar-refractivity contribution in [2.75, 3.05) is 6.61 Å². The molecule has 1 N–H and O–H groups in total. The Morgan fingerprint density at radius 3 is 2.41 bits per heavy atom. The van der Waals surface area contributed by atoms with Crippen molar-refractivity contribution in [3.8, 4) is 5.75 Å². The maximum absolute atomic E-state index is 11.7. The van der Waals surface area contributed by atoms with Gasteiger partial charge in [0, 0.05) is 5.02 Å². The van der Waals surface area contributed by atoms with Crippen LogP contribution < -0.4 is 10.2 Å². The second-order valence-electron chi connectivity index (χ2n) is 4.84. The molecule has 0 saturated carbocycles. The predicted molar refractivity (Wildman–Crippen MR) is 88.5 cm³/mol. The number of hydrogen-bond acceptors (Lipinski definition) is 3. The van der Waals surface area contributed by atoms with Crippen LogP contribution in [0.5, 0.6) is 5.75 Å². The van der Waals surface area contributed by atoms with E-state index in [1.54, 1.807) is 12.1 Å². The van der Waals surface area contributed by atoms with Crippen molar-refractivity contribution in [1.29, 1.82) is 0 Å². The van der Waals surface area contributed by atoms with Crippen molar-refractivity contribution in [1.82, 2.24) is 5.43 Å². The lowest BCUT2D eigenvalue weighted by atomic mass is 10.1. The van der Waals surface area contributed by atoms with Gasteiger partial charge in [-0.2, -0.15) is 5.10 Å². The Balaban J connectivity index is 1.85. The number of amides is 1. The quantitative estimate of drug-likeness (QED) is 0.677. The summed E-state index contributed by atoms with van der Waals surface area (Å²) in [6, 6.07) is 14.7. The van der Waals surface area contributed by atoms with Crippen molar-refractivity contribution in [2.45, 2.75) is 13.8 Å². The van der Waals surface area contributed by atoms with Gasteiger partial charge >= 0.3 is 0 Å². The zero-order chi connectivity index (χ0) is 15.9. The average molecular weight is 317 g/mol. The summed E-state index contributed by atoms with van der Waals surface area (Å²) in [5, 5.41) is 4.70. The number of ether oxygens (including phenoxy) is 1. The maximum atomic E-state index is 11.7. The molecule has 2 rings (SSSR count). The minimum Gasteiger partial charge on any atom is -0.484 e. The number of hydrazone groups is 1. The largest absolute Gasteiger partial charge is 0.484 e. The van der Waals surface area contributed by atoms with Crippen molar-refractivity contribution in [3.05, 3.63) is 64.7 Å². The fraction of sp³-hybridized carbons (Fsp3) is 0.176. The fourth-order valence-electron chi connectivity index (χ4n) is 1.72. The van der Waals surface area contributed by atoms with Crippen molar-refractivity contribution < 1.29 is 9.53 Å². The van der Waals surface area contributed by atoms with Crippen LogP contribution in [0, 0.1) is 6.92 Å². The molecule has 0 aromatic heterocycles. The minimum atomic E-state index is -0.311. The summed E-state index contributed by atoms with van der Waals surface area (Å²) in [7, 11) is 0. The number of nitrogens with zero attached hydrogens (tertiary/aromatic N) is 1. The molecule has 0 atom stereocenters. The van der Waals surface area contributed by atoms with Crippen molar-refractivity contribution in [2.24, 2.45) is 5.10 Å². The summed E-state index contributed by atoms with van der Waals surface area (Å²) in [6.45, 7) is 3.72. The van der Waals surface area contributed by atoms with Crippen LogP contribution in [0.3, 0.4) is 0 Å². The fourth-order valence-corrected chi connectivity index (χ4v) is 1.84. The van der Waals surface area contributed by atoms with Crippen LogP contribution in [0.1, 0.15) is 18.1 Å². The van der Waals surface area contributed by atoms with E-state index in [9.17, 15) is 4.79 Å². The van der Waals surface area contributed by atoms with Gasteiger partial charge in [-0.1, -0.05) is 41.4 Å². The Morgan fingerprint density at radius 1 is 1.14 bits per heavy atom. The highest BCUT2D eigenvalue weighted by Crippen LogP contribution is 2.11. The van der Waals surface area contributed by atoms with Gasteiger partial charge in [0.2, 0.25) is 0 Å². The number of nitrogens with one attached hydrogen (secondary N) is 1. The molecule has 0 aliphatic carbocycles. The maximum Gasteiger partial charge on any atom is 0.277 e. The van der Waals surface area contributed by atoms with Crippen LogP contribution in [0.2, 0.25) is 5.02 Å². The molecule has 0 unspecified atom stereocenters. The van der Waals surface area contributed by atoms with Gasteiger partial charge in [0.05, 0.1) is 5.71 Å². The molecule has 0 fully saturated rings. The van der Waals surface area contributed by atoms with E-state index in [0.717, 1.165) is 11.1 Å². The van der Waals surface area contributed by atoms with Gasteiger partial charge < -0.3 is 4.74 Å². The van der Waals surface area contributed by atoms with E-state index in [-0.39, 0.29) is 12.5 Å². The number of hydrogen-bond donors (Lipinski definition) is 1. The molecule has 0 aliphatic heterocycles. The Kier molecular flexibility index (Phi) is 5.55. The lowest BCUT2D eigenvalue weighted by molar-refractivity contribution is -0.123. The smallest absolute Gasteiger partial charge is 0.277 e. The third kappa shape index (κ3) is 4.90. The number of benzene rings is 2. The predicted octanol–water partition coefficient (Wildman–Crippen LogP) is 3.57. The summed E-state index contributed by atoms with van der Waals surface area (Å²) < 4.78 is 5.38. The van der Waals surface area contributed by atoms with Crippen LogP contribution in [-0.2, 0) is 4.79 Å². The highest BCUT2D eigenvalue weighted by atomic mass is 35.5. The Bertz CT molecular complexity index is 664. The first-order valence-corrected chi connectivity index (χ1v) is 7.21. The molecule has 0 bridgehead atoms. The minimum absolute atomic E-state index is 0.0829. The van der Waals surface area contributed by atoms with E-state index in [1.165, 1.54) is 0 Å². The Hall–Kier alpha value is -2.33. The molecule has 1 amide bonds. The van der Waals surface area contributed by atoms with Gasteiger partial charge in [0.25, 0.3) is 5.91 Å². The van der Waals surface area contributed by atoms with Crippen LogP contribution in [-0.4, -0.2) is 18.2 Å². The molecule has 0 saturated heterocycles. The van der Waals surface area contributed by atoms with Crippen molar-refractivity contribution >= 4 is 23.2 Å². The highest BCUT2D eigenvalue weighted by molar-refractivity contribution is 6.30. The molecule has 22 heavy (non-hydrogen) atoms. The number of aryl methyl sites for hydroxylation is 1. The molecular weight excluding hydrogens is 300 g/mol. The number of rotatable bonds is 5. The number of halogens is 1. The van der Waals surface area contributed by atoms with Gasteiger partial charge in [-0.15, -0.1) is 0 Å². The molecule has 5 heteroatoms. The van der Waals surface area contributed by atoms with Crippen molar-refractivity contribution in [3.63, 3.8) is 0 Å². The zero-order valence-corrected chi connectivity index (χ0v) is 13.2. The van der Waals surface area contributed by atoms with E-state index >= 15 is 0 Å². The molecule has 0 heterocycles. The van der Waals surface area contributed by atoms with E-state index in [1.807, 2.05) is 50.2 Å². The van der Waals surface area contributed by atoms with Crippen LogP contribution >= 0.6 is 11.6 Å². The first-order chi connectivity index (χ1) is 10.5. The Labute approximate surface area is 134 Å². The summed E-state index contributed by atoms with van der Waals surface area (Å²) >= 11 is 5.83. The van der Waals surface area contributed by atoms with Crippen LogP contribution in [0.4, 0.5) is 0 Å². The van der Waals surface area contributed by atoms with E-state index < -0.39 is 0 Å². The third-order valence-electron chi connectivity index (χ3n) is 3.00. The lowest BCUT2D eigenvalue weighted by Gasteiger charge is -2.06. The third-order valence-corrected chi connectivity index (χ3v) is 3.25. The Morgan fingerprint density at radius 2 is 1.77 bits per heavy atom. The summed E-state index contributed by atoms with van der Waals surface area (Å²) in [5.74, 6) is 0.341. The van der Waals surface area contributed by atoms with E-state index in [2.05, 4.69) is 10.5 Å². The molecular formula is C17H17ClN2O2. The van der Waals surface area contributed by atoms with Gasteiger partial charge in [-0.05, 0) is 43.7 Å². The summed E-state index contributed by atoms with van der Waals surface area (Å²) in [4.78, 5) is 11.7. The number of carbonyl (C=O) groups is 1. The lowest BCUT2D eigenvalue weighted by Crippen LogP contribution is -2.25. The monoisotopic (exact) mass is 316 g/mol. The van der Waals surface area contributed by atoms with Gasteiger partial charge in [-0.3, -0.25) is 4.79 Å². The average Bonchev–Trinajstić information content (AvgIpc) is 2.52. The molecule has 2 aromatic rings. The molecule has 0 spiro atoms. The van der Waals surface area contributed by atoms with E-state index in [0.29, 0.717) is 16.5 Å². The SMILES string of the molecule is C/C(=N/NC(=O)COc1ccc(C)cc1)c1ccc(Cl)cc1. The number of carbonyl (C=O) groups excluding carboxylic acids is 1. The second kappa shape index (κ2) is 7.61. The van der Waals surface area contributed by atoms with Gasteiger partial charge in [-0.25, -0.2) is 5.43 Å². The second-order valence-corrected chi connectivity index (χ2v) is 5.28. The molecule has 4 nitrogen and oxygen atoms in total. The standard InChI is InChI=1S/C17H17ClN2O2/c1-12-3-9-16(10-4-12)22-11-17(21)20-19-13(2)14-5-7-15(18)8-6-14/h3-10H,11H2,1-2H3,(H,20,21)/b19-13-. The summed E-state index contributed by atoms with van der Waals surface area (Å²) in [5.41, 5.74) is 5.19. The normalized spacial score (nSPS) is 11.1. The molecule has 2 aromatic carbocycles. The van der Waals surface area contributed by atoms with Crippen LogP contribution in [0.25, 0.3) is 0 Å². The molecule has 0 radical (unpaired) electrons. The topological polar surface area (TPSA) is 50.7 Å². The molecule has 0 aliphatic rings. The first kappa shape index (κ1) is 16.0. The van der Waals surface area contributed by atoms with Gasteiger partial charge in [0.1, 0.15) is 5.75 Å². The first-order valence-electron chi connectivity index (χ1n) is 6.83.